The van der Waals surface area contributed by atoms with Crippen LogP contribution in [0.15, 0.2) is 24.3 Å². The standard InChI is InChI=1S/C15H22N2O/c1-15(2,3)11-4-6-13(7-5-11)17-14(18)10-8-12(16)9-10/h4-7,10,12H,8-9,16H2,1-3H3,(H,17,18). The third-order valence-electron chi connectivity index (χ3n) is 3.56. The van der Waals surface area contributed by atoms with Crippen LogP contribution in [0.5, 0.6) is 0 Å². The molecule has 1 saturated carbocycles. The van der Waals surface area contributed by atoms with E-state index in [9.17, 15) is 4.79 Å². The van der Waals surface area contributed by atoms with Crippen LogP contribution in [0.1, 0.15) is 39.2 Å². The molecule has 3 heteroatoms. The Balaban J connectivity index is 1.96. The van der Waals surface area contributed by atoms with Gasteiger partial charge in [0.25, 0.3) is 0 Å². The van der Waals surface area contributed by atoms with Crippen molar-refractivity contribution in [3.63, 3.8) is 0 Å². The molecule has 1 aliphatic carbocycles. The highest BCUT2D eigenvalue weighted by atomic mass is 16.1. The van der Waals surface area contributed by atoms with Crippen molar-refractivity contribution in [3.8, 4) is 0 Å². The van der Waals surface area contributed by atoms with E-state index in [1.54, 1.807) is 0 Å². The molecule has 0 unspecified atom stereocenters. The van der Waals surface area contributed by atoms with Gasteiger partial charge in [-0.1, -0.05) is 32.9 Å². The van der Waals surface area contributed by atoms with Gasteiger partial charge in [0.2, 0.25) is 5.91 Å². The third kappa shape index (κ3) is 2.91. The van der Waals surface area contributed by atoms with Crippen LogP contribution >= 0.6 is 0 Å². The average Bonchev–Trinajstić information content (AvgIpc) is 2.24. The Bertz CT molecular complexity index is 425. The largest absolute Gasteiger partial charge is 0.328 e. The molecule has 98 valence electrons. The van der Waals surface area contributed by atoms with Gasteiger partial charge in [0, 0.05) is 17.6 Å². The van der Waals surface area contributed by atoms with E-state index in [1.807, 2.05) is 12.1 Å². The lowest BCUT2D eigenvalue weighted by molar-refractivity contribution is -0.122. The van der Waals surface area contributed by atoms with Gasteiger partial charge in [0.05, 0.1) is 0 Å². The zero-order chi connectivity index (χ0) is 13.3. The van der Waals surface area contributed by atoms with Crippen molar-refractivity contribution in [2.45, 2.75) is 45.1 Å². The molecule has 1 amide bonds. The van der Waals surface area contributed by atoms with Crippen LogP contribution < -0.4 is 11.1 Å². The van der Waals surface area contributed by atoms with E-state index in [2.05, 4.69) is 38.2 Å². The molecule has 3 N–H and O–H groups in total. The van der Waals surface area contributed by atoms with Crippen LogP contribution in [0.2, 0.25) is 0 Å². The number of benzene rings is 1. The number of hydrogen-bond donors (Lipinski definition) is 2. The van der Waals surface area contributed by atoms with Crippen molar-refractivity contribution >= 4 is 11.6 Å². The molecule has 1 aromatic carbocycles. The smallest absolute Gasteiger partial charge is 0.227 e. The predicted octanol–water partition coefficient (Wildman–Crippen LogP) is 2.66. The van der Waals surface area contributed by atoms with Gasteiger partial charge in [0.15, 0.2) is 0 Å². The summed E-state index contributed by atoms with van der Waals surface area (Å²) < 4.78 is 0. The molecule has 1 aliphatic rings. The second-order valence-electron chi connectivity index (χ2n) is 6.25. The Morgan fingerprint density at radius 2 is 1.78 bits per heavy atom. The molecule has 0 saturated heterocycles. The fourth-order valence-corrected chi connectivity index (χ4v) is 2.17. The van der Waals surface area contributed by atoms with Crippen molar-refractivity contribution in [1.29, 1.82) is 0 Å². The SMILES string of the molecule is CC(C)(C)c1ccc(NC(=O)C2CC(N)C2)cc1. The number of anilines is 1. The number of rotatable bonds is 2. The van der Waals surface area contributed by atoms with Crippen LogP contribution in [0, 0.1) is 5.92 Å². The third-order valence-corrected chi connectivity index (χ3v) is 3.56. The fraction of sp³-hybridized carbons (Fsp3) is 0.533. The molecular formula is C15H22N2O. The fourth-order valence-electron chi connectivity index (χ4n) is 2.17. The summed E-state index contributed by atoms with van der Waals surface area (Å²) in [6, 6.07) is 8.29. The molecule has 0 aliphatic heterocycles. The quantitative estimate of drug-likeness (QED) is 0.843. The van der Waals surface area contributed by atoms with E-state index in [4.69, 9.17) is 5.73 Å². The maximum atomic E-state index is 11.9. The lowest BCUT2D eigenvalue weighted by Gasteiger charge is -2.31. The van der Waals surface area contributed by atoms with Crippen molar-refractivity contribution in [2.75, 3.05) is 5.32 Å². The van der Waals surface area contributed by atoms with E-state index < -0.39 is 0 Å². The number of nitrogens with two attached hydrogens (primary N) is 1. The molecule has 3 nitrogen and oxygen atoms in total. The Morgan fingerprint density at radius 1 is 1.22 bits per heavy atom. The number of carbonyl (C=O) groups is 1. The first-order chi connectivity index (χ1) is 8.36. The van der Waals surface area contributed by atoms with E-state index >= 15 is 0 Å². The molecule has 18 heavy (non-hydrogen) atoms. The first-order valence-electron chi connectivity index (χ1n) is 6.53. The summed E-state index contributed by atoms with van der Waals surface area (Å²) in [5, 5.41) is 2.95. The van der Waals surface area contributed by atoms with Crippen LogP contribution in [-0.2, 0) is 10.2 Å². The summed E-state index contributed by atoms with van der Waals surface area (Å²) in [7, 11) is 0. The minimum absolute atomic E-state index is 0.0974. The van der Waals surface area contributed by atoms with Crippen LogP contribution in [0.4, 0.5) is 5.69 Å². The monoisotopic (exact) mass is 246 g/mol. The second kappa shape index (κ2) is 4.73. The average molecular weight is 246 g/mol. The van der Waals surface area contributed by atoms with Crippen LogP contribution in [-0.4, -0.2) is 11.9 Å². The summed E-state index contributed by atoms with van der Waals surface area (Å²) in [6.45, 7) is 6.53. The van der Waals surface area contributed by atoms with Crippen LogP contribution in [0.3, 0.4) is 0 Å². The molecule has 0 atom stereocenters. The van der Waals surface area contributed by atoms with E-state index in [-0.39, 0.29) is 23.3 Å². The Labute approximate surface area is 109 Å². The first-order valence-corrected chi connectivity index (χ1v) is 6.53. The molecular weight excluding hydrogens is 224 g/mol. The summed E-state index contributed by atoms with van der Waals surface area (Å²) >= 11 is 0. The van der Waals surface area contributed by atoms with Gasteiger partial charge in [0.1, 0.15) is 0 Å². The highest BCUT2D eigenvalue weighted by molar-refractivity contribution is 5.93. The number of hydrogen-bond acceptors (Lipinski definition) is 2. The molecule has 1 fully saturated rings. The summed E-state index contributed by atoms with van der Waals surface area (Å²) in [5.74, 6) is 0.197. The lowest BCUT2D eigenvalue weighted by atomic mass is 9.80. The van der Waals surface area contributed by atoms with Crippen molar-refractivity contribution in [2.24, 2.45) is 11.7 Å². The van der Waals surface area contributed by atoms with Crippen molar-refractivity contribution < 1.29 is 4.79 Å². The second-order valence-corrected chi connectivity index (χ2v) is 6.25. The zero-order valence-electron chi connectivity index (χ0n) is 11.4. The number of nitrogens with one attached hydrogen (secondary N) is 1. The van der Waals surface area contributed by atoms with E-state index in [0.29, 0.717) is 0 Å². The molecule has 0 bridgehead atoms. The molecule has 2 rings (SSSR count). The van der Waals surface area contributed by atoms with E-state index in [0.717, 1.165) is 18.5 Å². The van der Waals surface area contributed by atoms with Crippen molar-refractivity contribution in [1.82, 2.24) is 0 Å². The van der Waals surface area contributed by atoms with Gasteiger partial charge >= 0.3 is 0 Å². The molecule has 0 radical (unpaired) electrons. The van der Waals surface area contributed by atoms with Gasteiger partial charge in [-0.15, -0.1) is 0 Å². The zero-order valence-corrected chi connectivity index (χ0v) is 11.4. The Hall–Kier alpha value is -1.35. The van der Waals surface area contributed by atoms with Gasteiger partial charge in [-0.25, -0.2) is 0 Å². The Morgan fingerprint density at radius 3 is 2.22 bits per heavy atom. The van der Waals surface area contributed by atoms with Gasteiger partial charge in [-0.3, -0.25) is 4.79 Å². The maximum absolute atomic E-state index is 11.9. The number of carbonyl (C=O) groups excluding carboxylic acids is 1. The predicted molar refractivity (Wildman–Crippen MR) is 74.5 cm³/mol. The molecule has 1 aromatic rings. The Kier molecular flexibility index (Phi) is 3.44. The first kappa shape index (κ1) is 13.1. The van der Waals surface area contributed by atoms with Crippen LogP contribution in [0.25, 0.3) is 0 Å². The molecule has 0 aromatic heterocycles. The number of amides is 1. The molecule has 0 heterocycles. The topological polar surface area (TPSA) is 55.1 Å². The van der Waals surface area contributed by atoms with Crippen molar-refractivity contribution in [3.05, 3.63) is 29.8 Å². The summed E-state index contributed by atoms with van der Waals surface area (Å²) in [5.41, 5.74) is 7.97. The van der Waals surface area contributed by atoms with Gasteiger partial charge in [-0.2, -0.15) is 0 Å². The lowest BCUT2D eigenvalue weighted by Crippen LogP contribution is -2.42. The highest BCUT2D eigenvalue weighted by Crippen LogP contribution is 2.28. The summed E-state index contributed by atoms with van der Waals surface area (Å²) in [4.78, 5) is 11.9. The normalized spacial score (nSPS) is 23.3. The van der Waals surface area contributed by atoms with Gasteiger partial charge < -0.3 is 11.1 Å². The van der Waals surface area contributed by atoms with Gasteiger partial charge in [-0.05, 0) is 36.0 Å². The maximum Gasteiger partial charge on any atom is 0.227 e. The minimum Gasteiger partial charge on any atom is -0.328 e. The highest BCUT2D eigenvalue weighted by Gasteiger charge is 2.31. The van der Waals surface area contributed by atoms with E-state index in [1.165, 1.54) is 5.56 Å². The summed E-state index contributed by atoms with van der Waals surface area (Å²) in [6.07, 6.45) is 1.62. The molecule has 0 spiro atoms. The minimum atomic E-state index is 0.0974.